The molecule has 0 aromatic carbocycles. The zero-order chi connectivity index (χ0) is 14.5. The molecule has 8 nitrogen and oxygen atoms in total. The summed E-state index contributed by atoms with van der Waals surface area (Å²) in [4.78, 5) is 22.3. The van der Waals surface area contributed by atoms with Crippen LogP contribution >= 0.6 is 0 Å². The van der Waals surface area contributed by atoms with Crippen molar-refractivity contribution in [3.05, 3.63) is 41.0 Å². The van der Waals surface area contributed by atoms with Crippen LogP contribution in [0.1, 0.15) is 13.8 Å². The number of pyridine rings is 1. The van der Waals surface area contributed by atoms with Gasteiger partial charge in [0.1, 0.15) is 6.33 Å². The van der Waals surface area contributed by atoms with Crippen LogP contribution in [0.3, 0.4) is 0 Å². The number of hydrogen-bond donors (Lipinski definition) is 1. The van der Waals surface area contributed by atoms with E-state index in [0.29, 0.717) is 5.69 Å². The van der Waals surface area contributed by atoms with Crippen LogP contribution in [0, 0.1) is 10.1 Å². The highest BCUT2D eigenvalue weighted by Gasteiger charge is 2.25. The molecule has 1 N–H and O–H groups in total. The highest BCUT2D eigenvalue weighted by atomic mass is 16.6. The van der Waals surface area contributed by atoms with Crippen LogP contribution in [0.25, 0.3) is 0 Å². The number of anilines is 2. The average Bonchev–Trinajstić information content (AvgIpc) is 2.39. The summed E-state index contributed by atoms with van der Waals surface area (Å²) in [5.41, 5.74) is 0.287. The Kier molecular flexibility index (Phi) is 4.04. The molecule has 0 saturated heterocycles. The van der Waals surface area contributed by atoms with Gasteiger partial charge in [-0.25, -0.2) is 4.98 Å². The topological polar surface area (TPSA) is 103 Å². The number of ether oxygens (including phenoxy) is 1. The van der Waals surface area contributed by atoms with E-state index in [9.17, 15) is 10.1 Å². The van der Waals surface area contributed by atoms with Crippen molar-refractivity contribution in [2.45, 2.75) is 20.0 Å². The maximum Gasteiger partial charge on any atom is 0.373 e. The summed E-state index contributed by atoms with van der Waals surface area (Å²) in [6, 6.07) is 3.43. The fraction of sp³-hybridized carbons (Fsp3) is 0.250. The fourth-order valence-electron chi connectivity index (χ4n) is 1.50. The van der Waals surface area contributed by atoms with Gasteiger partial charge in [0.2, 0.25) is 5.82 Å². The van der Waals surface area contributed by atoms with E-state index in [4.69, 9.17) is 4.74 Å². The lowest BCUT2D eigenvalue weighted by atomic mass is 10.4. The van der Waals surface area contributed by atoms with Crippen molar-refractivity contribution in [3.63, 3.8) is 0 Å². The maximum absolute atomic E-state index is 11.2. The molecule has 104 valence electrons. The van der Waals surface area contributed by atoms with Gasteiger partial charge < -0.3 is 10.1 Å². The van der Waals surface area contributed by atoms with Gasteiger partial charge >= 0.3 is 5.69 Å². The molecule has 2 heterocycles. The number of rotatable bonds is 5. The van der Waals surface area contributed by atoms with E-state index in [0.717, 1.165) is 0 Å². The molecule has 0 radical (unpaired) electrons. The Morgan fingerprint density at radius 1 is 1.40 bits per heavy atom. The van der Waals surface area contributed by atoms with Gasteiger partial charge in [0.05, 0.1) is 22.9 Å². The molecule has 2 rings (SSSR count). The molecule has 0 saturated carbocycles. The molecule has 0 bridgehead atoms. The summed E-state index contributed by atoms with van der Waals surface area (Å²) in [7, 11) is 0. The van der Waals surface area contributed by atoms with Crippen LogP contribution in [0.2, 0.25) is 0 Å². The van der Waals surface area contributed by atoms with E-state index >= 15 is 0 Å². The van der Waals surface area contributed by atoms with Crippen molar-refractivity contribution >= 4 is 17.2 Å². The largest absolute Gasteiger partial charge is 0.470 e. The molecule has 0 aliphatic rings. The minimum atomic E-state index is -0.573. The lowest BCUT2D eigenvalue weighted by Gasteiger charge is -2.11. The third kappa shape index (κ3) is 3.16. The summed E-state index contributed by atoms with van der Waals surface area (Å²) in [5.74, 6) is 0.0000373. The molecule has 0 fully saturated rings. The number of aromatic nitrogens is 3. The highest BCUT2D eigenvalue weighted by Crippen LogP contribution is 2.32. The van der Waals surface area contributed by atoms with Gasteiger partial charge in [-0.3, -0.25) is 15.1 Å². The fourth-order valence-corrected chi connectivity index (χ4v) is 1.50. The van der Waals surface area contributed by atoms with E-state index in [2.05, 4.69) is 20.3 Å². The van der Waals surface area contributed by atoms with Crippen molar-refractivity contribution in [2.24, 2.45) is 0 Å². The second-order valence-electron chi connectivity index (χ2n) is 4.17. The van der Waals surface area contributed by atoms with E-state index < -0.39 is 4.92 Å². The van der Waals surface area contributed by atoms with Crippen LogP contribution in [-0.4, -0.2) is 26.0 Å². The van der Waals surface area contributed by atoms with Gasteiger partial charge in [0.25, 0.3) is 5.88 Å². The first kappa shape index (κ1) is 13.7. The third-order valence-electron chi connectivity index (χ3n) is 2.24. The average molecular weight is 275 g/mol. The number of nitro groups is 1. The van der Waals surface area contributed by atoms with Crippen molar-refractivity contribution in [2.75, 3.05) is 5.32 Å². The maximum atomic E-state index is 11.2. The molecule has 20 heavy (non-hydrogen) atoms. The summed E-state index contributed by atoms with van der Waals surface area (Å²) in [6.07, 6.45) is 4.13. The molecular weight excluding hydrogens is 262 g/mol. The standard InChI is InChI=1S/C12H13N5O3/c1-8(2)20-12-10(17(18)19)11(14-7-15-12)16-9-4-3-5-13-6-9/h3-8H,1-2H3,(H,14,15,16). The van der Waals surface area contributed by atoms with Crippen molar-refractivity contribution in [3.8, 4) is 5.88 Å². The SMILES string of the molecule is CC(C)Oc1ncnc(Nc2cccnc2)c1[N+](=O)[O-]. The third-order valence-corrected chi connectivity index (χ3v) is 2.24. The monoisotopic (exact) mass is 275 g/mol. The molecule has 8 heteroatoms. The molecule has 0 unspecified atom stereocenters. The van der Waals surface area contributed by atoms with Crippen LogP contribution in [0.15, 0.2) is 30.9 Å². The normalized spacial score (nSPS) is 10.3. The Hall–Kier alpha value is -2.77. The van der Waals surface area contributed by atoms with Gasteiger partial charge in [-0.05, 0) is 26.0 Å². The van der Waals surface area contributed by atoms with E-state index in [1.54, 1.807) is 32.2 Å². The Morgan fingerprint density at radius 3 is 2.80 bits per heavy atom. The predicted molar refractivity (Wildman–Crippen MR) is 72.0 cm³/mol. The van der Waals surface area contributed by atoms with Gasteiger partial charge in [-0.1, -0.05) is 0 Å². The smallest absolute Gasteiger partial charge is 0.373 e. The molecule has 0 amide bonds. The Bertz CT molecular complexity index is 603. The van der Waals surface area contributed by atoms with Crippen molar-refractivity contribution in [1.82, 2.24) is 15.0 Å². The highest BCUT2D eigenvalue weighted by molar-refractivity contribution is 5.67. The van der Waals surface area contributed by atoms with E-state index in [-0.39, 0.29) is 23.5 Å². The van der Waals surface area contributed by atoms with Crippen molar-refractivity contribution in [1.29, 1.82) is 0 Å². The van der Waals surface area contributed by atoms with Gasteiger partial charge in [-0.15, -0.1) is 0 Å². The molecule has 2 aromatic heterocycles. The summed E-state index contributed by atoms with van der Waals surface area (Å²) < 4.78 is 5.34. The lowest BCUT2D eigenvalue weighted by molar-refractivity contribution is -0.385. The van der Waals surface area contributed by atoms with Gasteiger partial charge in [-0.2, -0.15) is 4.98 Å². The van der Waals surface area contributed by atoms with Crippen LogP contribution in [0.5, 0.6) is 5.88 Å². The zero-order valence-corrected chi connectivity index (χ0v) is 11.0. The number of nitrogens with zero attached hydrogens (tertiary/aromatic N) is 4. The Labute approximate surface area is 115 Å². The predicted octanol–water partition coefficient (Wildman–Crippen LogP) is 2.31. The first-order valence-electron chi connectivity index (χ1n) is 5.91. The summed E-state index contributed by atoms with van der Waals surface area (Å²) in [6.45, 7) is 3.53. The molecule has 2 aromatic rings. The lowest BCUT2D eigenvalue weighted by Crippen LogP contribution is -2.10. The van der Waals surface area contributed by atoms with Gasteiger partial charge in [0, 0.05) is 6.20 Å². The zero-order valence-electron chi connectivity index (χ0n) is 11.0. The second kappa shape index (κ2) is 5.91. The molecule has 0 aliphatic carbocycles. The first-order valence-corrected chi connectivity index (χ1v) is 5.91. The first-order chi connectivity index (χ1) is 9.58. The summed E-state index contributed by atoms with van der Waals surface area (Å²) >= 11 is 0. The Balaban J connectivity index is 2.39. The van der Waals surface area contributed by atoms with Crippen LogP contribution in [-0.2, 0) is 0 Å². The van der Waals surface area contributed by atoms with Gasteiger partial charge in [0.15, 0.2) is 0 Å². The van der Waals surface area contributed by atoms with Crippen molar-refractivity contribution < 1.29 is 9.66 Å². The Morgan fingerprint density at radius 2 is 2.20 bits per heavy atom. The molecule has 0 aliphatic heterocycles. The second-order valence-corrected chi connectivity index (χ2v) is 4.17. The number of nitrogens with one attached hydrogen (secondary N) is 1. The van der Waals surface area contributed by atoms with Crippen LogP contribution in [0.4, 0.5) is 17.2 Å². The quantitative estimate of drug-likeness (QED) is 0.659. The number of hydrogen-bond acceptors (Lipinski definition) is 7. The minimum Gasteiger partial charge on any atom is -0.470 e. The van der Waals surface area contributed by atoms with E-state index in [1.165, 1.54) is 12.5 Å². The van der Waals surface area contributed by atoms with Crippen LogP contribution < -0.4 is 10.1 Å². The molecule has 0 atom stereocenters. The summed E-state index contributed by atoms with van der Waals surface area (Å²) in [5, 5.41) is 14.0. The molecule has 0 spiro atoms. The minimum absolute atomic E-state index is 0.0635. The molecular formula is C12H13N5O3. The van der Waals surface area contributed by atoms with E-state index in [1.807, 2.05) is 0 Å².